The van der Waals surface area contributed by atoms with Crippen LogP contribution in [0.1, 0.15) is 58.6 Å². The summed E-state index contributed by atoms with van der Waals surface area (Å²) >= 11 is 0. The molecule has 0 fully saturated rings. The van der Waals surface area contributed by atoms with E-state index in [1.54, 1.807) is 0 Å². The van der Waals surface area contributed by atoms with Gasteiger partial charge in [0.15, 0.2) is 8.32 Å². The lowest BCUT2D eigenvalue weighted by Crippen LogP contribution is -2.41. The highest BCUT2D eigenvalue weighted by atomic mass is 28.4. The van der Waals surface area contributed by atoms with Crippen molar-refractivity contribution >= 4 is 22.3 Å². The molecule has 0 N–H and O–H groups in total. The van der Waals surface area contributed by atoms with Crippen LogP contribution in [0.3, 0.4) is 0 Å². The Morgan fingerprint density at radius 3 is 2.13 bits per heavy atom. The number of benzene rings is 1. The van der Waals surface area contributed by atoms with Crippen LogP contribution in [-0.2, 0) is 9.22 Å². The number of amides is 1. The Labute approximate surface area is 187 Å². The first-order valence-electron chi connectivity index (χ1n) is 11.5. The highest BCUT2D eigenvalue weighted by Crippen LogP contribution is 2.43. The molecule has 1 aliphatic heterocycles. The first-order chi connectivity index (χ1) is 13.8. The topological polar surface area (TPSA) is 29.5 Å². The van der Waals surface area contributed by atoms with Crippen LogP contribution < -0.4 is 0 Å². The molecule has 0 saturated heterocycles. The average molecular weight is 446 g/mol. The molecule has 0 spiro atoms. The summed E-state index contributed by atoms with van der Waals surface area (Å²) in [5.41, 5.74) is 2.60. The highest BCUT2D eigenvalue weighted by molar-refractivity contribution is 6.87. The van der Waals surface area contributed by atoms with E-state index < -0.39 is 16.4 Å². The maximum atomic E-state index is 13.5. The number of carbonyl (C=O) groups is 1. The first-order valence-corrected chi connectivity index (χ1v) is 18.0. The van der Waals surface area contributed by atoms with Crippen molar-refractivity contribution < 1.29 is 9.22 Å². The van der Waals surface area contributed by atoms with Gasteiger partial charge in [-0.1, -0.05) is 77.7 Å². The molecule has 1 aromatic rings. The normalized spacial score (nSPS) is 18.5. The minimum Gasteiger partial charge on any atom is -0.417 e. The van der Waals surface area contributed by atoms with E-state index in [0.29, 0.717) is 0 Å². The molecule has 0 bridgehead atoms. The lowest BCUT2D eigenvalue weighted by atomic mass is 9.96. The molecule has 2 rings (SSSR count). The summed E-state index contributed by atoms with van der Waals surface area (Å²) in [6.07, 6.45) is 2.90. The molecule has 1 aliphatic rings. The van der Waals surface area contributed by atoms with Crippen molar-refractivity contribution in [1.82, 2.24) is 4.90 Å². The molecule has 0 radical (unpaired) electrons. The fourth-order valence-corrected chi connectivity index (χ4v) is 7.18. The van der Waals surface area contributed by atoms with Gasteiger partial charge in [-0.05, 0) is 48.5 Å². The molecular weight excluding hydrogens is 402 g/mol. The van der Waals surface area contributed by atoms with Gasteiger partial charge in [-0.3, -0.25) is 4.79 Å². The van der Waals surface area contributed by atoms with Crippen LogP contribution in [0.2, 0.25) is 37.8 Å². The van der Waals surface area contributed by atoms with E-state index >= 15 is 0 Å². The second-order valence-corrected chi connectivity index (χ2v) is 21.0. The van der Waals surface area contributed by atoms with Crippen molar-refractivity contribution in [2.45, 2.75) is 90.8 Å². The molecule has 1 amide bonds. The highest BCUT2D eigenvalue weighted by Gasteiger charge is 2.44. The zero-order valence-electron chi connectivity index (χ0n) is 20.8. The Morgan fingerprint density at radius 2 is 1.63 bits per heavy atom. The molecule has 3 nitrogen and oxygen atoms in total. The second kappa shape index (κ2) is 9.53. The Kier molecular flexibility index (Phi) is 7.97. The molecule has 0 aliphatic carbocycles. The van der Waals surface area contributed by atoms with Crippen LogP contribution in [0.4, 0.5) is 0 Å². The summed E-state index contributed by atoms with van der Waals surface area (Å²) in [5.74, 6) is 0.283. The first kappa shape index (κ1) is 25.1. The number of nitrogens with zero attached hydrogens (tertiary/aromatic N) is 1. The van der Waals surface area contributed by atoms with Gasteiger partial charge >= 0.3 is 0 Å². The van der Waals surface area contributed by atoms with Gasteiger partial charge < -0.3 is 9.33 Å². The standard InChI is InChI=1S/C25H43NO2Si2/c1-10-18-26-22(20-15-12-11-13-16-20)21(23(24(26)27)29(5,6)7)17-14-19-28-30(8,9)25(2,3)4/h11-13,15-16,22H,10,14,17-19H2,1-9H3. The fourth-order valence-electron chi connectivity index (χ4n) is 4.08. The molecule has 30 heavy (non-hydrogen) atoms. The minimum atomic E-state index is -1.77. The molecular formula is C25H43NO2Si2. The van der Waals surface area contributed by atoms with Crippen LogP contribution >= 0.6 is 0 Å². The van der Waals surface area contributed by atoms with E-state index in [1.807, 2.05) is 0 Å². The van der Waals surface area contributed by atoms with Crippen molar-refractivity contribution in [2.24, 2.45) is 0 Å². The molecule has 168 valence electrons. The van der Waals surface area contributed by atoms with E-state index in [4.69, 9.17) is 4.43 Å². The summed E-state index contributed by atoms with van der Waals surface area (Å²) in [6, 6.07) is 10.7. The van der Waals surface area contributed by atoms with Crippen LogP contribution in [0, 0.1) is 0 Å². The van der Waals surface area contributed by atoms with E-state index in [0.717, 1.165) is 37.6 Å². The van der Waals surface area contributed by atoms with E-state index in [9.17, 15) is 4.79 Å². The molecule has 1 aromatic carbocycles. The average Bonchev–Trinajstić information content (AvgIpc) is 2.91. The van der Waals surface area contributed by atoms with Crippen LogP contribution in [0.25, 0.3) is 0 Å². The molecule has 1 atom stereocenters. The predicted molar refractivity (Wildman–Crippen MR) is 134 cm³/mol. The molecule has 1 heterocycles. The maximum absolute atomic E-state index is 13.5. The zero-order valence-corrected chi connectivity index (χ0v) is 22.8. The summed E-state index contributed by atoms with van der Waals surface area (Å²) < 4.78 is 6.45. The second-order valence-electron chi connectivity index (χ2n) is 11.2. The lowest BCUT2D eigenvalue weighted by molar-refractivity contribution is -0.126. The Hall–Kier alpha value is -1.18. The number of carbonyl (C=O) groups excluding carboxylic acids is 1. The SMILES string of the molecule is CCCN1C(=O)C([Si](C)(C)C)=C(CCCO[Si](C)(C)C(C)(C)C)C1c1ccccc1. The van der Waals surface area contributed by atoms with Gasteiger partial charge in [0.05, 0.1) is 14.1 Å². The van der Waals surface area contributed by atoms with Crippen molar-refractivity contribution in [2.75, 3.05) is 13.2 Å². The Morgan fingerprint density at radius 1 is 1.03 bits per heavy atom. The largest absolute Gasteiger partial charge is 0.417 e. The summed E-state index contributed by atoms with van der Waals surface area (Å²) in [7, 11) is -3.51. The van der Waals surface area contributed by atoms with Gasteiger partial charge in [-0.2, -0.15) is 0 Å². The predicted octanol–water partition coefficient (Wildman–Crippen LogP) is 6.96. The monoisotopic (exact) mass is 445 g/mol. The quantitative estimate of drug-likeness (QED) is 0.304. The van der Waals surface area contributed by atoms with Crippen LogP contribution in [0.15, 0.2) is 41.1 Å². The lowest BCUT2D eigenvalue weighted by Gasteiger charge is -2.36. The molecule has 5 heteroatoms. The van der Waals surface area contributed by atoms with Gasteiger partial charge in [0.2, 0.25) is 5.91 Å². The summed E-state index contributed by atoms with van der Waals surface area (Å²) in [6.45, 7) is 22.2. The van der Waals surface area contributed by atoms with Crippen LogP contribution in [0.5, 0.6) is 0 Å². The molecule has 0 saturated carbocycles. The van der Waals surface area contributed by atoms with Gasteiger partial charge in [0.25, 0.3) is 0 Å². The summed E-state index contributed by atoms with van der Waals surface area (Å²) in [4.78, 5) is 15.7. The molecule has 0 aromatic heterocycles. The fraction of sp³-hybridized carbons (Fsp3) is 0.640. The van der Waals surface area contributed by atoms with Crippen molar-refractivity contribution in [1.29, 1.82) is 0 Å². The van der Waals surface area contributed by atoms with E-state index in [1.165, 1.54) is 11.1 Å². The van der Waals surface area contributed by atoms with E-state index in [2.05, 4.69) is 95.7 Å². The Bertz CT molecular complexity index is 758. The van der Waals surface area contributed by atoms with Crippen molar-refractivity contribution in [3.8, 4) is 0 Å². The number of rotatable bonds is 9. The maximum Gasteiger partial charge on any atom is 0.246 e. The number of hydrogen-bond acceptors (Lipinski definition) is 2. The third-order valence-corrected chi connectivity index (χ3v) is 13.2. The van der Waals surface area contributed by atoms with Crippen molar-refractivity contribution in [3.05, 3.63) is 46.7 Å². The van der Waals surface area contributed by atoms with Crippen LogP contribution in [-0.4, -0.2) is 40.3 Å². The van der Waals surface area contributed by atoms with Gasteiger partial charge in [-0.15, -0.1) is 0 Å². The smallest absolute Gasteiger partial charge is 0.246 e. The van der Waals surface area contributed by atoms with Gasteiger partial charge in [-0.25, -0.2) is 0 Å². The van der Waals surface area contributed by atoms with E-state index in [-0.39, 0.29) is 17.0 Å². The van der Waals surface area contributed by atoms with Crippen molar-refractivity contribution in [3.63, 3.8) is 0 Å². The summed E-state index contributed by atoms with van der Waals surface area (Å²) in [5, 5.41) is 1.38. The third-order valence-electron chi connectivity index (χ3n) is 6.63. The minimum absolute atomic E-state index is 0.0910. The Balaban J connectivity index is 2.32. The third kappa shape index (κ3) is 5.54. The van der Waals surface area contributed by atoms with Gasteiger partial charge in [0.1, 0.15) is 0 Å². The molecule has 1 unspecified atom stereocenters. The number of hydrogen-bond donors (Lipinski definition) is 0. The van der Waals surface area contributed by atoms with Gasteiger partial charge in [0, 0.05) is 18.3 Å². The zero-order chi connectivity index (χ0) is 22.7.